The molecule has 0 saturated carbocycles. The summed E-state index contributed by atoms with van der Waals surface area (Å²) in [6, 6.07) is 6.69. The van der Waals surface area contributed by atoms with Gasteiger partial charge in [0.1, 0.15) is 6.04 Å². The molecule has 7 nitrogen and oxygen atoms in total. The van der Waals surface area contributed by atoms with Crippen molar-refractivity contribution in [2.75, 3.05) is 26.8 Å². The first-order valence-corrected chi connectivity index (χ1v) is 11.8. The Balaban J connectivity index is 1.86. The average molecular weight is 482 g/mol. The molecule has 2 atom stereocenters. The van der Waals surface area contributed by atoms with Gasteiger partial charge in [-0.2, -0.15) is 0 Å². The zero-order chi connectivity index (χ0) is 23.3. The quantitative estimate of drug-likeness (QED) is 0.500. The molecule has 0 aromatic heterocycles. The van der Waals surface area contributed by atoms with Crippen molar-refractivity contribution in [1.82, 2.24) is 4.90 Å². The summed E-state index contributed by atoms with van der Waals surface area (Å²) in [4.78, 5) is 26.8. The molecular weight excluding hydrogens is 454 g/mol. The van der Waals surface area contributed by atoms with Gasteiger partial charge < -0.3 is 18.9 Å². The van der Waals surface area contributed by atoms with Crippen LogP contribution in [0.3, 0.4) is 0 Å². The number of hydrogen-bond donors (Lipinski definition) is 0. The summed E-state index contributed by atoms with van der Waals surface area (Å²) >= 11 is 7.84. The molecule has 1 aromatic carbocycles. The first-order valence-electron chi connectivity index (χ1n) is 10.5. The largest absolute Gasteiger partial charge is 0.514 e. The van der Waals surface area contributed by atoms with Crippen LogP contribution >= 0.6 is 23.4 Å². The Morgan fingerprint density at radius 3 is 2.69 bits per heavy atom. The van der Waals surface area contributed by atoms with Crippen LogP contribution in [0.15, 0.2) is 46.8 Å². The molecule has 2 aliphatic rings. The van der Waals surface area contributed by atoms with Crippen LogP contribution in [0.4, 0.5) is 4.79 Å². The normalized spacial score (nSPS) is 19.7. The van der Waals surface area contributed by atoms with Crippen LogP contribution in [0.5, 0.6) is 0 Å². The Hall–Kier alpha value is -2.16. The lowest BCUT2D eigenvalue weighted by molar-refractivity contribution is -0.147. The number of rotatable bonds is 7. The molecule has 1 unspecified atom stereocenters. The molecular formula is C23H28ClNO6S. The predicted molar refractivity (Wildman–Crippen MR) is 123 cm³/mol. The number of esters is 1. The summed E-state index contributed by atoms with van der Waals surface area (Å²) < 4.78 is 21.4. The highest BCUT2D eigenvalue weighted by Crippen LogP contribution is 2.42. The van der Waals surface area contributed by atoms with Crippen LogP contribution in [-0.4, -0.2) is 55.2 Å². The molecule has 0 aliphatic carbocycles. The highest BCUT2D eigenvalue weighted by atomic mass is 35.5. The van der Waals surface area contributed by atoms with E-state index in [1.165, 1.54) is 18.9 Å². The van der Waals surface area contributed by atoms with Gasteiger partial charge in [0.2, 0.25) is 5.09 Å². The minimum absolute atomic E-state index is 0.0989. The number of carbonyl (C=O) groups excluding carboxylic acids is 2. The van der Waals surface area contributed by atoms with E-state index >= 15 is 0 Å². The van der Waals surface area contributed by atoms with E-state index in [9.17, 15) is 9.59 Å². The molecule has 32 heavy (non-hydrogen) atoms. The second kappa shape index (κ2) is 11.1. The second-order valence-electron chi connectivity index (χ2n) is 7.64. The monoisotopic (exact) mass is 481 g/mol. The molecule has 0 N–H and O–H groups in total. The highest BCUT2D eigenvalue weighted by Gasteiger charge is 2.38. The van der Waals surface area contributed by atoms with Gasteiger partial charge in [0.25, 0.3) is 0 Å². The maximum absolute atomic E-state index is 12.7. The Morgan fingerprint density at radius 2 is 2.03 bits per heavy atom. The van der Waals surface area contributed by atoms with E-state index in [-0.39, 0.29) is 17.3 Å². The van der Waals surface area contributed by atoms with E-state index in [0.717, 1.165) is 12.0 Å². The van der Waals surface area contributed by atoms with E-state index in [0.29, 0.717) is 41.1 Å². The zero-order valence-corrected chi connectivity index (χ0v) is 20.2. The maximum Gasteiger partial charge on any atom is 0.514 e. The van der Waals surface area contributed by atoms with E-state index in [4.69, 9.17) is 30.5 Å². The molecule has 3 rings (SSSR count). The number of likely N-dealkylation sites (tertiary alicyclic amines) is 1. The Bertz CT molecular complexity index is 916. The van der Waals surface area contributed by atoms with Crippen LogP contribution < -0.4 is 0 Å². The minimum Gasteiger partial charge on any atom is -0.489 e. The second-order valence-corrected chi connectivity index (χ2v) is 9.22. The van der Waals surface area contributed by atoms with Gasteiger partial charge in [0.05, 0.1) is 19.8 Å². The van der Waals surface area contributed by atoms with Gasteiger partial charge in [0, 0.05) is 23.4 Å². The number of allylic oxidation sites excluding steroid dienone is 1. The van der Waals surface area contributed by atoms with Gasteiger partial charge in [-0.25, -0.2) is 9.59 Å². The third kappa shape index (κ3) is 5.79. The molecule has 0 bridgehead atoms. The van der Waals surface area contributed by atoms with Crippen molar-refractivity contribution in [3.63, 3.8) is 0 Å². The number of nitrogens with zero attached hydrogens (tertiary/aromatic N) is 1. The van der Waals surface area contributed by atoms with Crippen molar-refractivity contribution in [2.45, 2.75) is 44.6 Å². The predicted octanol–water partition coefficient (Wildman–Crippen LogP) is 5.07. The number of thioether (sulfide) groups is 1. The first-order chi connectivity index (χ1) is 15.3. The molecule has 2 aliphatic heterocycles. The number of fused-ring (bicyclic) bond motifs is 1. The van der Waals surface area contributed by atoms with Crippen LogP contribution in [0.1, 0.15) is 38.8 Å². The van der Waals surface area contributed by atoms with Crippen molar-refractivity contribution >= 4 is 35.5 Å². The minimum atomic E-state index is -0.751. The summed E-state index contributed by atoms with van der Waals surface area (Å²) in [5.74, 6) is 0.125. The number of methoxy groups -OCH3 is 1. The molecule has 1 fully saturated rings. The van der Waals surface area contributed by atoms with Crippen LogP contribution in [0.25, 0.3) is 0 Å². The fourth-order valence-corrected chi connectivity index (χ4v) is 5.06. The lowest BCUT2D eigenvalue weighted by atomic mass is 9.97. The van der Waals surface area contributed by atoms with Crippen LogP contribution in [0, 0.1) is 0 Å². The molecule has 1 aromatic rings. The van der Waals surface area contributed by atoms with Gasteiger partial charge in [-0.3, -0.25) is 4.90 Å². The van der Waals surface area contributed by atoms with Gasteiger partial charge >= 0.3 is 12.1 Å². The number of ether oxygens (including phenoxy) is 4. The third-order valence-corrected chi connectivity index (χ3v) is 6.71. The van der Waals surface area contributed by atoms with E-state index in [1.807, 2.05) is 31.2 Å². The average Bonchev–Trinajstić information content (AvgIpc) is 2.75. The van der Waals surface area contributed by atoms with Gasteiger partial charge in [-0.15, -0.1) is 0 Å². The maximum atomic E-state index is 12.7. The summed E-state index contributed by atoms with van der Waals surface area (Å²) in [6.45, 7) is 6.99. The van der Waals surface area contributed by atoms with Crippen molar-refractivity contribution in [2.24, 2.45) is 0 Å². The molecule has 1 saturated heterocycles. The number of piperidine rings is 1. The molecule has 0 radical (unpaired) electrons. The van der Waals surface area contributed by atoms with E-state index in [2.05, 4.69) is 4.90 Å². The fourth-order valence-electron chi connectivity index (χ4n) is 3.70. The summed E-state index contributed by atoms with van der Waals surface area (Å²) in [6.07, 6.45) is 1.62. The molecule has 0 spiro atoms. The lowest BCUT2D eigenvalue weighted by Crippen LogP contribution is -2.43. The SMILES string of the molecule is CCOC1=C(OC(=O)OC(C)C)SC2CCN([C@H](C(=O)OC)c3ccccc3Cl)CC2=C1. The van der Waals surface area contributed by atoms with E-state index < -0.39 is 12.2 Å². The summed E-state index contributed by atoms with van der Waals surface area (Å²) in [5.41, 5.74) is 1.79. The molecule has 0 amide bonds. The lowest BCUT2D eigenvalue weighted by Gasteiger charge is -2.39. The Morgan fingerprint density at radius 1 is 1.28 bits per heavy atom. The van der Waals surface area contributed by atoms with Gasteiger partial charge in [-0.05, 0) is 50.5 Å². The summed E-state index contributed by atoms with van der Waals surface area (Å²) in [7, 11) is 1.38. The number of hydrogen-bond acceptors (Lipinski definition) is 8. The zero-order valence-electron chi connectivity index (χ0n) is 18.6. The topological polar surface area (TPSA) is 74.3 Å². The van der Waals surface area contributed by atoms with Gasteiger partial charge in [0.15, 0.2) is 5.76 Å². The highest BCUT2D eigenvalue weighted by molar-refractivity contribution is 8.03. The smallest absolute Gasteiger partial charge is 0.489 e. The number of halogens is 1. The van der Waals surface area contributed by atoms with Crippen molar-refractivity contribution < 1.29 is 28.5 Å². The summed E-state index contributed by atoms with van der Waals surface area (Å²) in [5, 5.41) is 1.02. The van der Waals surface area contributed by atoms with E-state index in [1.54, 1.807) is 19.9 Å². The molecule has 9 heteroatoms. The van der Waals surface area contributed by atoms with Crippen LogP contribution in [-0.2, 0) is 23.7 Å². The fraction of sp³-hybridized carbons (Fsp3) is 0.478. The molecule has 2 heterocycles. The Kier molecular flexibility index (Phi) is 8.51. The third-order valence-electron chi connectivity index (χ3n) is 5.04. The van der Waals surface area contributed by atoms with Gasteiger partial charge in [-0.1, -0.05) is 41.6 Å². The standard InChI is InChI=1S/C23H28ClNO6S/c1-5-29-18-12-15-13-25(20(21(26)28-4)16-8-6-7-9-17(16)24)11-10-19(15)32-22(18)31-23(27)30-14(2)3/h6-9,12,14,19-20H,5,10-11,13H2,1-4H3/t19?,20-/m0/s1. The Labute approximate surface area is 197 Å². The number of benzene rings is 1. The van der Waals surface area contributed by atoms with Crippen molar-refractivity contribution in [3.8, 4) is 0 Å². The van der Waals surface area contributed by atoms with Crippen LogP contribution in [0.2, 0.25) is 5.02 Å². The van der Waals surface area contributed by atoms with Crippen molar-refractivity contribution in [3.05, 3.63) is 57.4 Å². The first kappa shape index (κ1) is 24.5. The van der Waals surface area contributed by atoms with Crippen molar-refractivity contribution in [1.29, 1.82) is 0 Å². The number of carbonyl (C=O) groups is 2. The molecule has 174 valence electrons.